The van der Waals surface area contributed by atoms with E-state index in [-0.39, 0.29) is 5.91 Å². The van der Waals surface area contributed by atoms with Crippen molar-refractivity contribution < 1.29 is 4.79 Å². The van der Waals surface area contributed by atoms with Gasteiger partial charge in [-0.2, -0.15) is 0 Å². The normalized spacial score (nSPS) is 15.0. The summed E-state index contributed by atoms with van der Waals surface area (Å²) in [5.41, 5.74) is 3.24. The van der Waals surface area contributed by atoms with Gasteiger partial charge in [0.1, 0.15) is 5.82 Å². The lowest BCUT2D eigenvalue weighted by atomic mass is 10.1. The lowest BCUT2D eigenvalue weighted by molar-refractivity contribution is -0.112. The largest absolute Gasteiger partial charge is 0.268 e. The maximum Gasteiger partial charge on any atom is 0.264 e. The van der Waals surface area contributed by atoms with Gasteiger partial charge in [0.25, 0.3) is 5.91 Å². The minimum atomic E-state index is -0.0679. The number of amides is 1. The quantitative estimate of drug-likeness (QED) is 0.678. The molecule has 0 saturated carbocycles. The summed E-state index contributed by atoms with van der Waals surface area (Å²) in [5.74, 6) is 0.603. The van der Waals surface area contributed by atoms with Gasteiger partial charge in [0.2, 0.25) is 0 Å². The van der Waals surface area contributed by atoms with E-state index < -0.39 is 0 Å². The zero-order valence-corrected chi connectivity index (χ0v) is 12.3. The molecule has 3 heterocycles. The molecule has 4 heteroatoms. The molecule has 23 heavy (non-hydrogen) atoms. The monoisotopic (exact) mass is 299 g/mol. The molecular formula is C19H13N3O. The van der Waals surface area contributed by atoms with Gasteiger partial charge in [-0.15, -0.1) is 0 Å². The fourth-order valence-electron chi connectivity index (χ4n) is 2.70. The van der Waals surface area contributed by atoms with E-state index in [1.807, 2.05) is 60.7 Å². The summed E-state index contributed by atoms with van der Waals surface area (Å²) in [7, 11) is 0. The fourth-order valence-corrected chi connectivity index (χ4v) is 2.70. The third kappa shape index (κ3) is 2.30. The van der Waals surface area contributed by atoms with Crippen LogP contribution in [0.2, 0.25) is 0 Å². The lowest BCUT2D eigenvalue weighted by Crippen LogP contribution is -2.20. The number of carbonyl (C=O) groups excluding carboxylic acids is 1. The van der Waals surface area contributed by atoms with Crippen LogP contribution in [0, 0.1) is 0 Å². The van der Waals surface area contributed by atoms with E-state index in [0.29, 0.717) is 11.4 Å². The first kappa shape index (κ1) is 13.4. The molecule has 0 unspecified atom stereocenters. The Labute approximate surface area is 133 Å². The second-order valence-electron chi connectivity index (χ2n) is 5.19. The number of nitrogens with zero attached hydrogens (tertiary/aromatic N) is 3. The highest BCUT2D eigenvalue weighted by atomic mass is 16.2. The van der Waals surface area contributed by atoms with E-state index in [2.05, 4.69) is 9.97 Å². The molecule has 4 nitrogen and oxygen atoms in total. The SMILES string of the molecule is O=C1/C(=C\c2ccncc2)c2cccnc2N1c1ccccc1. The number of anilines is 2. The van der Waals surface area contributed by atoms with Crippen molar-refractivity contribution in [3.8, 4) is 0 Å². The topological polar surface area (TPSA) is 46.1 Å². The Morgan fingerprint density at radius 3 is 2.43 bits per heavy atom. The van der Waals surface area contributed by atoms with Crippen molar-refractivity contribution in [3.63, 3.8) is 0 Å². The summed E-state index contributed by atoms with van der Waals surface area (Å²) in [6.45, 7) is 0. The molecule has 110 valence electrons. The Balaban J connectivity index is 1.87. The number of fused-ring (bicyclic) bond motifs is 1. The smallest absolute Gasteiger partial charge is 0.264 e. The van der Waals surface area contributed by atoms with Crippen LogP contribution in [0.4, 0.5) is 11.5 Å². The zero-order chi connectivity index (χ0) is 15.6. The van der Waals surface area contributed by atoms with Gasteiger partial charge in [0.05, 0.1) is 11.3 Å². The Kier molecular flexibility index (Phi) is 3.20. The average molecular weight is 299 g/mol. The number of hydrogen-bond acceptors (Lipinski definition) is 3. The van der Waals surface area contributed by atoms with Gasteiger partial charge in [-0.05, 0) is 48.0 Å². The van der Waals surface area contributed by atoms with Gasteiger partial charge < -0.3 is 0 Å². The van der Waals surface area contributed by atoms with Gasteiger partial charge >= 0.3 is 0 Å². The third-order valence-corrected chi connectivity index (χ3v) is 3.75. The molecule has 0 fully saturated rings. The van der Waals surface area contributed by atoms with Crippen LogP contribution in [0.15, 0.2) is 73.2 Å². The summed E-state index contributed by atoms with van der Waals surface area (Å²) in [6, 6.07) is 17.1. The van der Waals surface area contributed by atoms with Crippen LogP contribution < -0.4 is 4.90 Å². The van der Waals surface area contributed by atoms with Crippen molar-refractivity contribution in [2.45, 2.75) is 0 Å². The van der Waals surface area contributed by atoms with Crippen molar-refractivity contribution in [2.75, 3.05) is 4.90 Å². The van der Waals surface area contributed by atoms with E-state index in [1.165, 1.54) is 0 Å². The van der Waals surface area contributed by atoms with Gasteiger partial charge in [-0.25, -0.2) is 4.98 Å². The van der Waals surface area contributed by atoms with E-state index in [4.69, 9.17) is 0 Å². The second-order valence-corrected chi connectivity index (χ2v) is 5.19. The van der Waals surface area contributed by atoms with Crippen LogP contribution in [0.25, 0.3) is 11.6 Å². The van der Waals surface area contributed by atoms with Gasteiger partial charge in [-0.3, -0.25) is 14.7 Å². The fraction of sp³-hybridized carbons (Fsp3) is 0. The van der Waals surface area contributed by atoms with Crippen molar-refractivity contribution in [1.29, 1.82) is 0 Å². The van der Waals surface area contributed by atoms with E-state index in [1.54, 1.807) is 23.5 Å². The van der Waals surface area contributed by atoms with Crippen molar-refractivity contribution in [3.05, 3.63) is 84.3 Å². The summed E-state index contributed by atoms with van der Waals surface area (Å²) in [6.07, 6.45) is 7.01. The van der Waals surface area contributed by atoms with E-state index in [0.717, 1.165) is 16.8 Å². The highest BCUT2D eigenvalue weighted by molar-refractivity contribution is 6.37. The van der Waals surface area contributed by atoms with E-state index in [9.17, 15) is 4.79 Å². The maximum atomic E-state index is 13.0. The van der Waals surface area contributed by atoms with Gasteiger partial charge in [-0.1, -0.05) is 18.2 Å². The average Bonchev–Trinajstić information content (AvgIpc) is 2.89. The first-order chi connectivity index (χ1) is 11.3. The molecule has 2 aromatic heterocycles. The van der Waals surface area contributed by atoms with Crippen LogP contribution >= 0.6 is 0 Å². The van der Waals surface area contributed by atoms with Crippen molar-refractivity contribution >= 4 is 29.1 Å². The maximum absolute atomic E-state index is 13.0. The summed E-state index contributed by atoms with van der Waals surface area (Å²) in [4.78, 5) is 23.0. The molecule has 3 aromatic rings. The molecule has 0 aliphatic carbocycles. The first-order valence-corrected chi connectivity index (χ1v) is 7.31. The predicted octanol–water partition coefficient (Wildman–Crippen LogP) is 3.70. The molecule has 0 bridgehead atoms. The molecule has 4 rings (SSSR count). The molecule has 1 amide bonds. The second kappa shape index (κ2) is 5.50. The highest BCUT2D eigenvalue weighted by Gasteiger charge is 2.34. The number of carbonyl (C=O) groups is 1. The van der Waals surface area contributed by atoms with Crippen LogP contribution in [-0.4, -0.2) is 15.9 Å². The number of rotatable bonds is 2. The zero-order valence-electron chi connectivity index (χ0n) is 12.3. The van der Waals surface area contributed by atoms with Crippen LogP contribution in [0.1, 0.15) is 11.1 Å². The predicted molar refractivity (Wildman–Crippen MR) is 89.9 cm³/mol. The van der Waals surface area contributed by atoms with Gasteiger partial charge in [0.15, 0.2) is 0 Å². The van der Waals surface area contributed by atoms with Crippen LogP contribution in [0.5, 0.6) is 0 Å². The molecule has 0 atom stereocenters. The van der Waals surface area contributed by atoms with Crippen LogP contribution in [0.3, 0.4) is 0 Å². The number of aromatic nitrogens is 2. The van der Waals surface area contributed by atoms with E-state index >= 15 is 0 Å². The van der Waals surface area contributed by atoms with Crippen LogP contribution in [-0.2, 0) is 4.79 Å². The Morgan fingerprint density at radius 2 is 1.65 bits per heavy atom. The molecule has 0 radical (unpaired) electrons. The number of benzene rings is 1. The first-order valence-electron chi connectivity index (χ1n) is 7.31. The summed E-state index contributed by atoms with van der Waals surface area (Å²) >= 11 is 0. The van der Waals surface area contributed by atoms with Gasteiger partial charge in [0, 0.05) is 24.2 Å². The number of hydrogen-bond donors (Lipinski definition) is 0. The number of para-hydroxylation sites is 1. The van der Waals surface area contributed by atoms with Crippen molar-refractivity contribution in [2.24, 2.45) is 0 Å². The molecule has 0 saturated heterocycles. The molecule has 0 spiro atoms. The molecule has 0 N–H and O–H groups in total. The summed E-state index contributed by atoms with van der Waals surface area (Å²) in [5, 5.41) is 0. The lowest BCUT2D eigenvalue weighted by Gasteiger charge is -2.15. The van der Waals surface area contributed by atoms with Crippen molar-refractivity contribution in [1.82, 2.24) is 9.97 Å². The minimum absolute atomic E-state index is 0.0679. The Hall–Kier alpha value is -3.27. The minimum Gasteiger partial charge on any atom is -0.268 e. The number of pyridine rings is 2. The third-order valence-electron chi connectivity index (χ3n) is 3.75. The standard InChI is InChI=1S/C19H13N3O/c23-19-17(13-14-8-11-20-12-9-14)16-7-4-10-21-18(16)22(19)15-5-2-1-3-6-15/h1-13H/b17-13-. The summed E-state index contributed by atoms with van der Waals surface area (Å²) < 4.78 is 0. The molecule has 1 aliphatic heterocycles. The highest BCUT2D eigenvalue weighted by Crippen LogP contribution is 2.40. The Morgan fingerprint density at radius 1 is 0.870 bits per heavy atom. The Bertz CT molecular complexity index is 889. The molecule has 1 aromatic carbocycles. The molecular weight excluding hydrogens is 286 g/mol. The molecule has 1 aliphatic rings.